The standard InChI is InChI=1S/C16H20F2N2O4/c1-15(2,3)24-14(23)20-8-6-16(18,7-9-20)10-4-5-11(13(21)22)19-12(10)17/h4-5H,6-9H2,1-3H3,(H,21,22). The van der Waals surface area contributed by atoms with Crippen LogP contribution >= 0.6 is 0 Å². The minimum absolute atomic E-state index is 0.0749. The Morgan fingerprint density at radius 1 is 1.29 bits per heavy atom. The van der Waals surface area contributed by atoms with Crippen LogP contribution in [0, 0.1) is 5.95 Å². The number of aromatic nitrogens is 1. The van der Waals surface area contributed by atoms with Crippen LogP contribution in [0.4, 0.5) is 13.6 Å². The number of likely N-dealkylation sites (tertiary alicyclic amines) is 1. The van der Waals surface area contributed by atoms with E-state index in [-0.39, 0.29) is 31.5 Å². The number of amides is 1. The fourth-order valence-corrected chi connectivity index (χ4v) is 2.53. The molecule has 1 saturated heterocycles. The van der Waals surface area contributed by atoms with Gasteiger partial charge in [-0.3, -0.25) is 0 Å². The molecular formula is C16H20F2N2O4. The summed E-state index contributed by atoms with van der Waals surface area (Å²) in [6, 6.07) is 2.18. The second-order valence-electron chi connectivity index (χ2n) is 6.77. The van der Waals surface area contributed by atoms with Crippen LogP contribution in [0.3, 0.4) is 0 Å². The van der Waals surface area contributed by atoms with Crippen molar-refractivity contribution in [1.29, 1.82) is 0 Å². The molecule has 1 aliphatic heterocycles. The molecule has 1 aromatic heterocycles. The summed E-state index contributed by atoms with van der Waals surface area (Å²) in [6.45, 7) is 5.36. The van der Waals surface area contributed by atoms with E-state index in [1.807, 2.05) is 0 Å². The predicted molar refractivity (Wildman–Crippen MR) is 81.0 cm³/mol. The normalized spacial score (nSPS) is 17.5. The van der Waals surface area contributed by atoms with Crippen molar-refractivity contribution in [3.05, 3.63) is 29.3 Å². The van der Waals surface area contributed by atoms with Crippen molar-refractivity contribution >= 4 is 12.1 Å². The number of carbonyl (C=O) groups excluding carboxylic acids is 1. The van der Waals surface area contributed by atoms with Crippen molar-refractivity contribution in [2.75, 3.05) is 13.1 Å². The number of ether oxygens (including phenoxy) is 1. The first-order valence-corrected chi connectivity index (χ1v) is 7.59. The fourth-order valence-electron chi connectivity index (χ4n) is 2.53. The lowest BCUT2D eigenvalue weighted by molar-refractivity contribution is 0.00130. The lowest BCUT2D eigenvalue weighted by Crippen LogP contribution is -2.45. The average Bonchev–Trinajstić information content (AvgIpc) is 2.45. The van der Waals surface area contributed by atoms with Crippen molar-refractivity contribution in [3.63, 3.8) is 0 Å². The summed E-state index contributed by atoms with van der Waals surface area (Å²) in [6.07, 6.45) is -0.765. The molecule has 0 atom stereocenters. The van der Waals surface area contributed by atoms with E-state index >= 15 is 4.39 Å². The number of rotatable bonds is 2. The number of nitrogens with zero attached hydrogens (tertiary/aromatic N) is 2. The molecule has 1 N–H and O–H groups in total. The number of halogens is 2. The van der Waals surface area contributed by atoms with Gasteiger partial charge in [0.2, 0.25) is 5.95 Å². The molecule has 0 bridgehead atoms. The maximum Gasteiger partial charge on any atom is 0.410 e. The van der Waals surface area contributed by atoms with Gasteiger partial charge in [0.25, 0.3) is 0 Å². The number of pyridine rings is 1. The Labute approximate surface area is 138 Å². The van der Waals surface area contributed by atoms with E-state index in [1.165, 1.54) is 4.90 Å². The topological polar surface area (TPSA) is 79.7 Å². The van der Waals surface area contributed by atoms with Crippen molar-refractivity contribution < 1.29 is 28.2 Å². The van der Waals surface area contributed by atoms with E-state index in [0.717, 1.165) is 12.1 Å². The molecule has 0 aromatic carbocycles. The van der Waals surface area contributed by atoms with Crippen LogP contribution in [0.15, 0.2) is 12.1 Å². The third-order valence-corrected chi connectivity index (χ3v) is 3.76. The van der Waals surface area contributed by atoms with Crippen LogP contribution in [0.2, 0.25) is 0 Å². The third-order valence-electron chi connectivity index (χ3n) is 3.76. The summed E-state index contributed by atoms with van der Waals surface area (Å²) in [7, 11) is 0. The molecule has 0 unspecified atom stereocenters. The molecular weight excluding hydrogens is 322 g/mol. The molecule has 0 radical (unpaired) electrons. The molecule has 2 rings (SSSR count). The summed E-state index contributed by atoms with van der Waals surface area (Å²) in [5.74, 6) is -2.52. The molecule has 1 aromatic rings. The van der Waals surface area contributed by atoms with Crippen LogP contribution in [0.25, 0.3) is 0 Å². The van der Waals surface area contributed by atoms with Gasteiger partial charge in [0.1, 0.15) is 11.3 Å². The van der Waals surface area contributed by atoms with Gasteiger partial charge in [-0.05, 0) is 32.9 Å². The van der Waals surface area contributed by atoms with E-state index in [0.29, 0.717) is 0 Å². The van der Waals surface area contributed by atoms with E-state index in [1.54, 1.807) is 20.8 Å². The number of aromatic carboxylic acids is 1. The van der Waals surface area contributed by atoms with Crippen LogP contribution in [-0.4, -0.2) is 45.7 Å². The Balaban J connectivity index is 2.10. The Hall–Kier alpha value is -2.25. The van der Waals surface area contributed by atoms with Crippen LogP contribution in [-0.2, 0) is 10.4 Å². The van der Waals surface area contributed by atoms with Gasteiger partial charge in [0.05, 0.1) is 0 Å². The molecule has 0 saturated carbocycles. The van der Waals surface area contributed by atoms with Gasteiger partial charge in [-0.25, -0.2) is 19.0 Å². The second-order valence-corrected chi connectivity index (χ2v) is 6.77. The first-order valence-electron chi connectivity index (χ1n) is 7.59. The van der Waals surface area contributed by atoms with Crippen molar-refractivity contribution in [1.82, 2.24) is 9.88 Å². The summed E-state index contributed by atoms with van der Waals surface area (Å²) < 4.78 is 34.3. The van der Waals surface area contributed by atoms with Gasteiger partial charge in [0, 0.05) is 31.5 Å². The first kappa shape index (κ1) is 18.1. The van der Waals surface area contributed by atoms with Crippen molar-refractivity contribution in [3.8, 4) is 0 Å². The van der Waals surface area contributed by atoms with Crippen molar-refractivity contribution in [2.24, 2.45) is 0 Å². The van der Waals surface area contributed by atoms with Gasteiger partial charge in [-0.2, -0.15) is 4.39 Å². The Morgan fingerprint density at radius 2 is 1.88 bits per heavy atom. The minimum atomic E-state index is -1.99. The number of carboxylic acid groups (broad SMARTS) is 1. The van der Waals surface area contributed by atoms with Gasteiger partial charge in [-0.1, -0.05) is 0 Å². The zero-order chi connectivity index (χ0) is 18.1. The van der Waals surface area contributed by atoms with Crippen LogP contribution in [0.5, 0.6) is 0 Å². The maximum atomic E-state index is 15.1. The average molecular weight is 342 g/mol. The van der Waals surface area contributed by atoms with E-state index in [4.69, 9.17) is 9.84 Å². The number of alkyl halides is 1. The molecule has 1 aliphatic rings. The zero-order valence-corrected chi connectivity index (χ0v) is 13.8. The number of hydrogen-bond acceptors (Lipinski definition) is 4. The van der Waals surface area contributed by atoms with E-state index in [2.05, 4.69) is 4.98 Å². The molecule has 8 heteroatoms. The monoisotopic (exact) mass is 342 g/mol. The molecule has 2 heterocycles. The number of piperidine rings is 1. The van der Waals surface area contributed by atoms with Gasteiger partial charge in [-0.15, -0.1) is 0 Å². The molecule has 1 fully saturated rings. The summed E-state index contributed by atoms with van der Waals surface area (Å²) in [5.41, 5.74) is -3.40. The van der Waals surface area contributed by atoms with Gasteiger partial charge < -0.3 is 14.7 Å². The lowest BCUT2D eigenvalue weighted by atomic mass is 9.87. The number of hydrogen-bond donors (Lipinski definition) is 1. The number of carboxylic acids is 1. The highest BCUT2D eigenvalue weighted by atomic mass is 19.1. The lowest BCUT2D eigenvalue weighted by Gasteiger charge is -2.37. The molecule has 132 valence electrons. The second kappa shape index (κ2) is 6.33. The summed E-state index contributed by atoms with van der Waals surface area (Å²) in [5, 5.41) is 8.78. The van der Waals surface area contributed by atoms with Crippen molar-refractivity contribution in [2.45, 2.75) is 44.9 Å². The molecule has 24 heavy (non-hydrogen) atoms. The van der Waals surface area contributed by atoms with Gasteiger partial charge >= 0.3 is 12.1 Å². The molecule has 6 nitrogen and oxygen atoms in total. The largest absolute Gasteiger partial charge is 0.477 e. The number of carbonyl (C=O) groups is 2. The van der Waals surface area contributed by atoms with Crippen LogP contribution < -0.4 is 0 Å². The highest BCUT2D eigenvalue weighted by molar-refractivity contribution is 5.85. The fraction of sp³-hybridized carbons (Fsp3) is 0.562. The Bertz CT molecular complexity index is 650. The van der Waals surface area contributed by atoms with E-state index < -0.39 is 35.0 Å². The predicted octanol–water partition coefficient (Wildman–Crippen LogP) is 3.11. The third kappa shape index (κ3) is 3.98. The molecule has 0 aliphatic carbocycles. The maximum absolute atomic E-state index is 15.1. The summed E-state index contributed by atoms with van der Waals surface area (Å²) in [4.78, 5) is 27.4. The minimum Gasteiger partial charge on any atom is -0.477 e. The molecule has 0 spiro atoms. The quantitative estimate of drug-likeness (QED) is 0.836. The highest BCUT2D eigenvalue weighted by Crippen LogP contribution is 2.38. The first-order chi connectivity index (χ1) is 11.0. The SMILES string of the molecule is CC(C)(C)OC(=O)N1CCC(F)(c2ccc(C(=O)O)nc2F)CC1. The zero-order valence-electron chi connectivity index (χ0n) is 13.8. The highest BCUT2D eigenvalue weighted by Gasteiger charge is 2.41. The Kier molecular flexibility index (Phi) is 4.77. The smallest absolute Gasteiger partial charge is 0.410 e. The van der Waals surface area contributed by atoms with E-state index in [9.17, 15) is 14.0 Å². The molecule has 1 amide bonds. The summed E-state index contributed by atoms with van der Waals surface area (Å²) >= 11 is 0. The van der Waals surface area contributed by atoms with Crippen LogP contribution in [0.1, 0.15) is 49.7 Å². The van der Waals surface area contributed by atoms with Gasteiger partial charge in [0.15, 0.2) is 5.69 Å². The Morgan fingerprint density at radius 3 is 2.33 bits per heavy atom.